The van der Waals surface area contributed by atoms with E-state index < -0.39 is 9.84 Å². The highest BCUT2D eigenvalue weighted by atomic mass is 32.2. The minimum Gasteiger partial charge on any atom is -0.356 e. The number of unbranched alkanes of at least 4 members (excludes halogenated alkanes) is 1. The summed E-state index contributed by atoms with van der Waals surface area (Å²) in [6, 6.07) is 15.5. The van der Waals surface area contributed by atoms with Gasteiger partial charge in [-0.2, -0.15) is 0 Å². The van der Waals surface area contributed by atoms with Gasteiger partial charge in [0, 0.05) is 19.3 Å². The van der Waals surface area contributed by atoms with Crippen LogP contribution in [0.15, 0.2) is 58.4 Å². The van der Waals surface area contributed by atoms with E-state index in [-0.39, 0.29) is 0 Å². The Morgan fingerprint density at radius 2 is 1.54 bits per heavy atom. The molecule has 28 heavy (non-hydrogen) atoms. The van der Waals surface area contributed by atoms with Gasteiger partial charge in [-0.1, -0.05) is 55.3 Å². The molecule has 0 radical (unpaired) electrons. The van der Waals surface area contributed by atoms with Gasteiger partial charge in [0.1, 0.15) is 0 Å². The van der Waals surface area contributed by atoms with Gasteiger partial charge in [-0.3, -0.25) is 0 Å². The number of sulfone groups is 1. The van der Waals surface area contributed by atoms with Gasteiger partial charge in [-0.05, 0) is 43.0 Å². The molecule has 152 valence electrons. The Balaban J connectivity index is 1.92. The van der Waals surface area contributed by atoms with E-state index in [1.54, 1.807) is 12.1 Å². The summed E-state index contributed by atoms with van der Waals surface area (Å²) in [7, 11) is -3.15. The van der Waals surface area contributed by atoms with E-state index in [9.17, 15) is 8.42 Å². The summed E-state index contributed by atoms with van der Waals surface area (Å²) >= 11 is 0. The standard InChI is InChI=1S/C22H31N3O2S/c1-4-5-15-23-22(25-17-20-8-6-18(2)7-9-20)24-16-14-19-10-12-21(13-11-19)28(3,26)27/h6-13H,4-5,14-17H2,1-3H3,(H2,23,24,25). The highest BCUT2D eigenvalue weighted by Crippen LogP contribution is 2.10. The van der Waals surface area contributed by atoms with Crippen LogP contribution in [0.3, 0.4) is 0 Å². The lowest BCUT2D eigenvalue weighted by Crippen LogP contribution is -2.39. The summed E-state index contributed by atoms with van der Waals surface area (Å²) in [5, 5.41) is 6.75. The Labute approximate surface area is 169 Å². The van der Waals surface area contributed by atoms with Gasteiger partial charge < -0.3 is 10.6 Å². The zero-order chi connectivity index (χ0) is 20.4. The number of hydrogen-bond acceptors (Lipinski definition) is 3. The van der Waals surface area contributed by atoms with E-state index in [1.165, 1.54) is 17.4 Å². The molecule has 0 saturated heterocycles. The molecular weight excluding hydrogens is 370 g/mol. The van der Waals surface area contributed by atoms with Crippen LogP contribution in [-0.4, -0.2) is 33.7 Å². The van der Waals surface area contributed by atoms with Crippen molar-refractivity contribution in [3.05, 3.63) is 65.2 Å². The Morgan fingerprint density at radius 3 is 2.14 bits per heavy atom. The molecule has 0 aromatic heterocycles. The molecule has 0 bridgehead atoms. The van der Waals surface area contributed by atoms with Crippen LogP contribution in [0, 0.1) is 6.92 Å². The molecule has 0 unspecified atom stereocenters. The lowest BCUT2D eigenvalue weighted by Gasteiger charge is -2.13. The van der Waals surface area contributed by atoms with Crippen molar-refractivity contribution < 1.29 is 8.42 Å². The van der Waals surface area contributed by atoms with Crippen LogP contribution in [-0.2, 0) is 22.8 Å². The normalized spacial score (nSPS) is 12.0. The third kappa shape index (κ3) is 7.72. The molecule has 0 aliphatic rings. The zero-order valence-electron chi connectivity index (χ0n) is 17.0. The summed E-state index contributed by atoms with van der Waals surface area (Å²) in [5.41, 5.74) is 3.51. The first-order chi connectivity index (χ1) is 13.4. The Hall–Kier alpha value is -2.34. The molecule has 2 rings (SSSR count). The van der Waals surface area contributed by atoms with E-state index in [1.807, 2.05) is 12.1 Å². The van der Waals surface area contributed by atoms with Gasteiger partial charge in [0.15, 0.2) is 15.8 Å². The number of nitrogens with zero attached hydrogens (tertiary/aromatic N) is 1. The first kappa shape index (κ1) is 22.0. The summed E-state index contributed by atoms with van der Waals surface area (Å²) in [6.07, 6.45) is 4.24. The second-order valence-corrected chi connectivity index (χ2v) is 9.04. The number of aryl methyl sites for hydroxylation is 1. The van der Waals surface area contributed by atoms with Crippen molar-refractivity contribution in [1.82, 2.24) is 10.6 Å². The Bertz CT molecular complexity index is 858. The molecule has 0 aliphatic heterocycles. The highest BCUT2D eigenvalue weighted by molar-refractivity contribution is 7.90. The van der Waals surface area contributed by atoms with Crippen LogP contribution in [0.25, 0.3) is 0 Å². The molecule has 0 heterocycles. The monoisotopic (exact) mass is 401 g/mol. The topological polar surface area (TPSA) is 70.6 Å². The molecule has 0 spiro atoms. The summed E-state index contributed by atoms with van der Waals surface area (Å²) in [5.74, 6) is 0.807. The summed E-state index contributed by atoms with van der Waals surface area (Å²) in [4.78, 5) is 5.04. The van der Waals surface area contributed by atoms with Crippen molar-refractivity contribution in [2.75, 3.05) is 19.3 Å². The zero-order valence-corrected chi connectivity index (χ0v) is 17.8. The fourth-order valence-electron chi connectivity index (χ4n) is 2.65. The quantitative estimate of drug-likeness (QED) is 0.383. The fraction of sp³-hybridized carbons (Fsp3) is 0.409. The number of rotatable bonds is 9. The van der Waals surface area contributed by atoms with Gasteiger partial charge in [0.2, 0.25) is 0 Å². The van der Waals surface area contributed by atoms with Crippen molar-refractivity contribution in [1.29, 1.82) is 0 Å². The lowest BCUT2D eigenvalue weighted by atomic mass is 10.1. The van der Waals surface area contributed by atoms with E-state index in [0.29, 0.717) is 11.4 Å². The van der Waals surface area contributed by atoms with Gasteiger partial charge >= 0.3 is 0 Å². The molecule has 0 fully saturated rings. The number of benzene rings is 2. The van der Waals surface area contributed by atoms with Gasteiger partial charge in [0.05, 0.1) is 11.4 Å². The average Bonchev–Trinajstić information content (AvgIpc) is 2.67. The number of aliphatic imine (C=N–C) groups is 1. The van der Waals surface area contributed by atoms with Gasteiger partial charge in [0.25, 0.3) is 0 Å². The largest absolute Gasteiger partial charge is 0.356 e. The van der Waals surface area contributed by atoms with E-state index in [0.717, 1.165) is 43.9 Å². The van der Waals surface area contributed by atoms with Crippen LogP contribution in [0.4, 0.5) is 0 Å². The maximum absolute atomic E-state index is 11.5. The van der Waals surface area contributed by atoms with Crippen molar-refractivity contribution >= 4 is 15.8 Å². The molecular formula is C22H31N3O2S. The second kappa shape index (κ2) is 10.9. The third-order valence-corrected chi connectivity index (χ3v) is 5.55. The van der Waals surface area contributed by atoms with Crippen LogP contribution in [0.5, 0.6) is 0 Å². The average molecular weight is 402 g/mol. The summed E-state index contributed by atoms with van der Waals surface area (Å²) in [6.45, 7) is 6.49. The maximum atomic E-state index is 11.5. The smallest absolute Gasteiger partial charge is 0.191 e. The minimum absolute atomic E-state index is 0.353. The van der Waals surface area contributed by atoms with Crippen LogP contribution >= 0.6 is 0 Å². The van der Waals surface area contributed by atoms with Crippen molar-refractivity contribution in [3.63, 3.8) is 0 Å². The Morgan fingerprint density at radius 1 is 0.929 bits per heavy atom. The first-order valence-electron chi connectivity index (χ1n) is 9.75. The van der Waals surface area contributed by atoms with Gasteiger partial charge in [-0.25, -0.2) is 13.4 Å². The van der Waals surface area contributed by atoms with Crippen molar-refractivity contribution in [2.24, 2.45) is 4.99 Å². The van der Waals surface area contributed by atoms with Crippen LogP contribution in [0.1, 0.15) is 36.5 Å². The molecule has 6 heteroatoms. The summed E-state index contributed by atoms with van der Waals surface area (Å²) < 4.78 is 23.1. The fourth-order valence-corrected chi connectivity index (χ4v) is 3.28. The van der Waals surface area contributed by atoms with Crippen molar-refractivity contribution in [3.8, 4) is 0 Å². The van der Waals surface area contributed by atoms with Crippen LogP contribution in [0.2, 0.25) is 0 Å². The molecule has 2 aromatic carbocycles. The highest BCUT2D eigenvalue weighted by Gasteiger charge is 2.06. The third-order valence-electron chi connectivity index (χ3n) is 4.42. The minimum atomic E-state index is -3.15. The number of nitrogens with one attached hydrogen (secondary N) is 2. The van der Waals surface area contributed by atoms with Crippen LogP contribution < -0.4 is 10.6 Å². The number of guanidine groups is 1. The predicted octanol–water partition coefficient (Wildman–Crippen LogP) is 3.48. The molecule has 2 aromatic rings. The lowest BCUT2D eigenvalue weighted by molar-refractivity contribution is 0.602. The molecule has 0 aliphatic carbocycles. The number of hydrogen-bond donors (Lipinski definition) is 2. The molecule has 0 atom stereocenters. The first-order valence-corrected chi connectivity index (χ1v) is 11.6. The van der Waals surface area contributed by atoms with E-state index in [4.69, 9.17) is 0 Å². The second-order valence-electron chi connectivity index (χ2n) is 7.02. The molecule has 5 nitrogen and oxygen atoms in total. The molecule has 2 N–H and O–H groups in total. The van der Waals surface area contributed by atoms with Gasteiger partial charge in [-0.15, -0.1) is 0 Å². The SMILES string of the molecule is CCCCNC(=NCc1ccc(C)cc1)NCCc1ccc(S(C)(=O)=O)cc1. The molecule has 0 saturated carbocycles. The Kier molecular flexibility index (Phi) is 8.51. The van der Waals surface area contributed by atoms with Crippen molar-refractivity contribution in [2.45, 2.75) is 44.6 Å². The predicted molar refractivity (Wildman–Crippen MR) is 116 cm³/mol. The maximum Gasteiger partial charge on any atom is 0.191 e. The molecule has 0 amide bonds. The van der Waals surface area contributed by atoms with E-state index >= 15 is 0 Å². The van der Waals surface area contributed by atoms with E-state index in [2.05, 4.69) is 53.7 Å².